The summed E-state index contributed by atoms with van der Waals surface area (Å²) in [6.07, 6.45) is 4.27. The Balaban J connectivity index is 1.92. The molecule has 2 aromatic heterocycles. The average Bonchev–Trinajstić information content (AvgIpc) is 2.89. The van der Waals surface area contributed by atoms with Crippen LogP contribution in [0.25, 0.3) is 11.1 Å². The first kappa shape index (κ1) is 13.9. The maximum atomic E-state index is 12.5. The maximum Gasteiger partial charge on any atom is 0.262 e. The molecule has 2 heterocycles. The number of rotatable bonds is 2. The molecule has 2 aromatic rings. The summed E-state index contributed by atoms with van der Waals surface area (Å²) in [5.41, 5.74) is 0.399. The van der Waals surface area contributed by atoms with E-state index in [2.05, 4.69) is 29.1 Å². The molecule has 1 aliphatic rings. The van der Waals surface area contributed by atoms with Gasteiger partial charge in [0.05, 0.1) is 11.9 Å². The van der Waals surface area contributed by atoms with Crippen LogP contribution in [0, 0.1) is 12.3 Å². The van der Waals surface area contributed by atoms with Gasteiger partial charge in [0.15, 0.2) is 0 Å². The minimum Gasteiger partial charge on any atom is -0.442 e. The van der Waals surface area contributed by atoms with Crippen LogP contribution in [0.15, 0.2) is 15.5 Å². The van der Waals surface area contributed by atoms with Crippen molar-refractivity contribution in [3.63, 3.8) is 0 Å². The molecule has 6 heteroatoms. The molecule has 0 aromatic carbocycles. The number of furan rings is 1. The summed E-state index contributed by atoms with van der Waals surface area (Å²) >= 11 is 0. The topological polar surface area (TPSA) is 88.0 Å². The molecule has 6 nitrogen and oxygen atoms in total. The number of amides is 1. The number of aromatic nitrogens is 2. The first-order valence-electron chi connectivity index (χ1n) is 7.15. The van der Waals surface area contributed by atoms with Gasteiger partial charge < -0.3 is 14.7 Å². The van der Waals surface area contributed by atoms with Gasteiger partial charge in [-0.2, -0.15) is 0 Å². The number of nitrogens with one attached hydrogen (secondary N) is 2. The van der Waals surface area contributed by atoms with Gasteiger partial charge in [0.25, 0.3) is 11.5 Å². The summed E-state index contributed by atoms with van der Waals surface area (Å²) in [7, 11) is 0. The second-order valence-corrected chi connectivity index (χ2v) is 6.52. The molecule has 0 radical (unpaired) electrons. The quantitative estimate of drug-likeness (QED) is 0.886. The Kier molecular flexibility index (Phi) is 3.11. The van der Waals surface area contributed by atoms with Crippen molar-refractivity contribution in [2.45, 2.75) is 46.1 Å². The number of aromatic amines is 1. The molecular weight excluding hydrogens is 270 g/mol. The predicted molar refractivity (Wildman–Crippen MR) is 78.3 cm³/mol. The third-order valence-corrected chi connectivity index (χ3v) is 4.20. The van der Waals surface area contributed by atoms with Crippen molar-refractivity contribution in [2.75, 3.05) is 0 Å². The maximum absolute atomic E-state index is 12.5. The second kappa shape index (κ2) is 4.72. The van der Waals surface area contributed by atoms with E-state index in [0.29, 0.717) is 11.3 Å². The Labute approximate surface area is 121 Å². The van der Waals surface area contributed by atoms with Crippen molar-refractivity contribution in [1.82, 2.24) is 15.3 Å². The molecule has 1 amide bonds. The zero-order valence-corrected chi connectivity index (χ0v) is 12.4. The third kappa shape index (κ3) is 2.46. The van der Waals surface area contributed by atoms with Crippen LogP contribution in [0.5, 0.6) is 0 Å². The van der Waals surface area contributed by atoms with Gasteiger partial charge in [0.1, 0.15) is 11.1 Å². The minimum atomic E-state index is -0.353. The van der Waals surface area contributed by atoms with Crippen molar-refractivity contribution in [1.29, 1.82) is 0 Å². The molecule has 1 unspecified atom stereocenters. The van der Waals surface area contributed by atoms with E-state index in [1.165, 1.54) is 6.33 Å². The third-order valence-electron chi connectivity index (χ3n) is 4.20. The summed E-state index contributed by atoms with van der Waals surface area (Å²) in [5, 5.41) is 3.24. The van der Waals surface area contributed by atoms with E-state index in [9.17, 15) is 9.59 Å². The van der Waals surface area contributed by atoms with Gasteiger partial charge in [0.2, 0.25) is 5.71 Å². The van der Waals surface area contributed by atoms with Crippen LogP contribution in [0.2, 0.25) is 0 Å². The van der Waals surface area contributed by atoms with E-state index in [0.717, 1.165) is 19.3 Å². The van der Waals surface area contributed by atoms with Crippen LogP contribution < -0.4 is 10.9 Å². The molecule has 0 spiro atoms. The van der Waals surface area contributed by atoms with Crippen LogP contribution in [0.1, 0.15) is 49.2 Å². The molecule has 0 saturated heterocycles. The Morgan fingerprint density at radius 1 is 1.52 bits per heavy atom. The van der Waals surface area contributed by atoms with Gasteiger partial charge in [-0.25, -0.2) is 4.98 Å². The van der Waals surface area contributed by atoms with Crippen LogP contribution >= 0.6 is 0 Å². The zero-order chi connectivity index (χ0) is 15.2. The van der Waals surface area contributed by atoms with Crippen molar-refractivity contribution in [3.05, 3.63) is 28.0 Å². The Morgan fingerprint density at radius 2 is 2.29 bits per heavy atom. The van der Waals surface area contributed by atoms with Gasteiger partial charge in [-0.15, -0.1) is 0 Å². The Morgan fingerprint density at radius 3 is 2.95 bits per heavy atom. The number of aryl methyl sites for hydroxylation is 1. The number of hydrogen-bond donors (Lipinski definition) is 2. The number of carbonyl (C=O) groups is 1. The number of fused-ring (bicyclic) bond motifs is 1. The van der Waals surface area contributed by atoms with Gasteiger partial charge in [-0.1, -0.05) is 13.8 Å². The van der Waals surface area contributed by atoms with Gasteiger partial charge >= 0.3 is 0 Å². The van der Waals surface area contributed by atoms with Crippen LogP contribution in [-0.2, 0) is 0 Å². The summed E-state index contributed by atoms with van der Waals surface area (Å²) < 4.78 is 5.41. The Bertz CT molecular complexity index is 757. The molecule has 1 aliphatic carbocycles. The molecule has 0 bridgehead atoms. The number of H-pyrrole nitrogens is 1. The van der Waals surface area contributed by atoms with E-state index in [1.54, 1.807) is 6.92 Å². The smallest absolute Gasteiger partial charge is 0.262 e. The lowest BCUT2D eigenvalue weighted by Gasteiger charge is -2.17. The molecule has 1 fully saturated rings. The summed E-state index contributed by atoms with van der Waals surface area (Å²) in [6, 6.07) is 0.146. The van der Waals surface area contributed by atoms with E-state index >= 15 is 0 Å². The molecule has 2 N–H and O–H groups in total. The van der Waals surface area contributed by atoms with Crippen LogP contribution in [0.3, 0.4) is 0 Å². The van der Waals surface area contributed by atoms with Gasteiger partial charge in [0, 0.05) is 6.04 Å². The fraction of sp³-hybridized carbons (Fsp3) is 0.533. The molecule has 112 valence electrons. The largest absolute Gasteiger partial charge is 0.442 e. The van der Waals surface area contributed by atoms with Crippen molar-refractivity contribution in [3.8, 4) is 0 Å². The van der Waals surface area contributed by atoms with Crippen LogP contribution in [-0.4, -0.2) is 21.9 Å². The normalized spacial score (nSPS) is 20.8. The summed E-state index contributed by atoms with van der Waals surface area (Å²) in [5.74, 6) is 0.163. The SMILES string of the molecule is Cc1oc2nc[nH]c(=O)c2c1C(=O)NC1CCC(C)(C)C1. The highest BCUT2D eigenvalue weighted by atomic mass is 16.3. The standard InChI is InChI=1S/C15H19N3O3/c1-8-10(11-12(19)16-7-17-14(11)21-8)13(20)18-9-4-5-15(2,3)6-9/h7,9H,4-6H2,1-3H3,(H,18,20)(H,16,17,19). The highest BCUT2D eigenvalue weighted by Gasteiger charge is 2.33. The fourth-order valence-electron chi connectivity index (χ4n) is 3.14. The number of hydrogen-bond acceptors (Lipinski definition) is 4. The highest BCUT2D eigenvalue weighted by Crippen LogP contribution is 2.37. The molecule has 3 rings (SSSR count). The highest BCUT2D eigenvalue weighted by molar-refractivity contribution is 6.06. The van der Waals surface area contributed by atoms with Gasteiger partial charge in [-0.3, -0.25) is 9.59 Å². The second-order valence-electron chi connectivity index (χ2n) is 6.52. The lowest BCUT2D eigenvalue weighted by Crippen LogP contribution is -2.34. The van der Waals surface area contributed by atoms with Crippen molar-refractivity contribution >= 4 is 17.0 Å². The van der Waals surface area contributed by atoms with E-state index in [4.69, 9.17) is 4.42 Å². The number of carbonyl (C=O) groups excluding carboxylic acids is 1. The zero-order valence-electron chi connectivity index (χ0n) is 12.4. The molecule has 1 atom stereocenters. The van der Waals surface area contributed by atoms with Crippen LogP contribution in [0.4, 0.5) is 0 Å². The first-order chi connectivity index (χ1) is 9.87. The van der Waals surface area contributed by atoms with Crippen molar-refractivity contribution in [2.24, 2.45) is 5.41 Å². The molecule has 21 heavy (non-hydrogen) atoms. The first-order valence-corrected chi connectivity index (χ1v) is 7.15. The Hall–Kier alpha value is -2.11. The molecule has 1 saturated carbocycles. The predicted octanol–water partition coefficient (Wildman–Crippen LogP) is 2.13. The lowest BCUT2D eigenvalue weighted by molar-refractivity contribution is 0.0936. The molecular formula is C15H19N3O3. The van der Waals surface area contributed by atoms with Gasteiger partial charge in [-0.05, 0) is 31.6 Å². The van der Waals surface area contributed by atoms with E-state index < -0.39 is 0 Å². The van der Waals surface area contributed by atoms with E-state index in [1.807, 2.05) is 0 Å². The average molecular weight is 289 g/mol. The summed E-state index contributed by atoms with van der Waals surface area (Å²) in [4.78, 5) is 30.9. The minimum absolute atomic E-state index is 0.146. The lowest BCUT2D eigenvalue weighted by atomic mass is 9.92. The number of nitrogens with zero attached hydrogens (tertiary/aromatic N) is 1. The van der Waals surface area contributed by atoms with E-state index in [-0.39, 0.29) is 34.0 Å². The molecule has 0 aliphatic heterocycles. The summed E-state index contributed by atoms with van der Waals surface area (Å²) in [6.45, 7) is 6.08. The fourth-order valence-corrected chi connectivity index (χ4v) is 3.14. The monoisotopic (exact) mass is 289 g/mol. The van der Waals surface area contributed by atoms with Crippen molar-refractivity contribution < 1.29 is 9.21 Å².